The van der Waals surface area contributed by atoms with E-state index in [0.717, 1.165) is 12.0 Å². The first-order valence-electron chi connectivity index (χ1n) is 7.33. The first-order chi connectivity index (χ1) is 10.2. The van der Waals surface area contributed by atoms with Crippen molar-refractivity contribution < 1.29 is 9.13 Å². The van der Waals surface area contributed by atoms with Crippen molar-refractivity contribution in [3.63, 3.8) is 0 Å². The molecule has 0 aliphatic rings. The van der Waals surface area contributed by atoms with Gasteiger partial charge >= 0.3 is 0 Å². The molecular formula is C18H24FNO. The van der Waals surface area contributed by atoms with Gasteiger partial charge in [-0.15, -0.1) is 0 Å². The Morgan fingerprint density at radius 1 is 1.33 bits per heavy atom. The molecule has 1 atom stereocenters. The maximum Gasteiger partial charge on any atom is 0.209 e. The standard InChI is InChI=1S/C18H24FNO/c1-4-17(5-2)15(3)13-18(20-12-11-19)21-14-16-9-7-6-8-10-16/h4,6-10,12-13,15H,5,11,14H2,1-3H3/b17-4+,18-13+,20-12?. The second-order valence-electron chi connectivity index (χ2n) is 4.75. The van der Waals surface area contributed by atoms with Crippen molar-refractivity contribution in [2.45, 2.75) is 33.8 Å². The van der Waals surface area contributed by atoms with Gasteiger partial charge in [0, 0.05) is 12.1 Å². The van der Waals surface area contributed by atoms with E-state index in [1.807, 2.05) is 43.3 Å². The number of hydrogen-bond acceptors (Lipinski definition) is 2. The van der Waals surface area contributed by atoms with Crippen LogP contribution in [0.5, 0.6) is 0 Å². The van der Waals surface area contributed by atoms with Crippen LogP contribution in [0.4, 0.5) is 4.39 Å². The molecule has 0 amide bonds. The number of alkyl halides is 1. The minimum Gasteiger partial charge on any atom is -0.473 e. The van der Waals surface area contributed by atoms with Crippen LogP contribution in [0.25, 0.3) is 0 Å². The van der Waals surface area contributed by atoms with Gasteiger partial charge < -0.3 is 4.74 Å². The molecule has 0 saturated heterocycles. The Balaban J connectivity index is 2.77. The molecular weight excluding hydrogens is 265 g/mol. The first-order valence-corrected chi connectivity index (χ1v) is 7.33. The fourth-order valence-corrected chi connectivity index (χ4v) is 2.09. The molecule has 0 N–H and O–H groups in total. The molecule has 2 nitrogen and oxygen atoms in total. The molecule has 0 spiro atoms. The third-order valence-electron chi connectivity index (χ3n) is 3.27. The molecule has 1 rings (SSSR count). The Labute approximate surface area is 127 Å². The lowest BCUT2D eigenvalue weighted by Crippen LogP contribution is -1.99. The van der Waals surface area contributed by atoms with Crippen molar-refractivity contribution in [2.24, 2.45) is 10.9 Å². The van der Waals surface area contributed by atoms with Crippen LogP contribution in [0.1, 0.15) is 32.8 Å². The Bertz CT molecular complexity index is 491. The summed E-state index contributed by atoms with van der Waals surface area (Å²) in [7, 11) is 0. The number of aliphatic imine (C=N–C) groups is 1. The minimum atomic E-state index is -0.593. The minimum absolute atomic E-state index is 0.225. The van der Waals surface area contributed by atoms with E-state index in [9.17, 15) is 4.39 Å². The number of allylic oxidation sites excluding steroid dienone is 3. The summed E-state index contributed by atoms with van der Waals surface area (Å²) in [6.07, 6.45) is 6.25. The van der Waals surface area contributed by atoms with E-state index in [2.05, 4.69) is 24.9 Å². The second kappa shape index (κ2) is 9.92. The Kier molecular flexibility index (Phi) is 8.10. The number of ether oxygens (including phenoxy) is 1. The van der Waals surface area contributed by atoms with Gasteiger partial charge in [-0.2, -0.15) is 0 Å². The molecule has 0 radical (unpaired) electrons. The zero-order chi connectivity index (χ0) is 15.5. The molecule has 0 fully saturated rings. The summed E-state index contributed by atoms with van der Waals surface area (Å²) in [5.74, 6) is 0.694. The number of hydrogen-bond donors (Lipinski definition) is 0. The normalized spacial score (nSPS) is 14.5. The van der Waals surface area contributed by atoms with Gasteiger partial charge in [0.05, 0.1) is 0 Å². The van der Waals surface area contributed by atoms with Crippen LogP contribution < -0.4 is 0 Å². The second-order valence-corrected chi connectivity index (χ2v) is 4.75. The van der Waals surface area contributed by atoms with E-state index in [0.29, 0.717) is 12.5 Å². The molecule has 1 unspecified atom stereocenters. The molecule has 0 aliphatic heterocycles. The molecule has 0 aliphatic carbocycles. The van der Waals surface area contributed by atoms with Gasteiger partial charge in [-0.3, -0.25) is 0 Å². The highest BCUT2D eigenvalue weighted by Crippen LogP contribution is 2.19. The molecule has 21 heavy (non-hydrogen) atoms. The van der Waals surface area contributed by atoms with Crippen LogP contribution >= 0.6 is 0 Å². The van der Waals surface area contributed by atoms with Crippen molar-refractivity contribution in [3.05, 3.63) is 59.5 Å². The maximum atomic E-state index is 12.3. The number of benzene rings is 1. The number of halogens is 1. The van der Waals surface area contributed by atoms with Gasteiger partial charge in [-0.05, 0) is 25.0 Å². The highest BCUT2D eigenvalue weighted by Gasteiger charge is 2.06. The van der Waals surface area contributed by atoms with Crippen molar-refractivity contribution >= 4 is 6.21 Å². The number of nitrogens with zero attached hydrogens (tertiary/aromatic N) is 1. The van der Waals surface area contributed by atoms with Crippen molar-refractivity contribution in [1.29, 1.82) is 0 Å². The average molecular weight is 289 g/mol. The lowest BCUT2D eigenvalue weighted by atomic mass is 9.98. The Morgan fingerprint density at radius 3 is 2.62 bits per heavy atom. The topological polar surface area (TPSA) is 21.6 Å². The summed E-state index contributed by atoms with van der Waals surface area (Å²) in [4.78, 5) is 4.06. The predicted molar refractivity (Wildman–Crippen MR) is 87.0 cm³/mol. The zero-order valence-corrected chi connectivity index (χ0v) is 13.1. The van der Waals surface area contributed by atoms with E-state index >= 15 is 0 Å². The molecule has 0 saturated carbocycles. The van der Waals surface area contributed by atoms with Gasteiger partial charge in [0.15, 0.2) is 0 Å². The van der Waals surface area contributed by atoms with E-state index in [1.54, 1.807) is 0 Å². The van der Waals surface area contributed by atoms with Crippen molar-refractivity contribution in [1.82, 2.24) is 0 Å². The van der Waals surface area contributed by atoms with Gasteiger partial charge in [-0.25, -0.2) is 9.38 Å². The van der Waals surface area contributed by atoms with Gasteiger partial charge in [0.2, 0.25) is 5.88 Å². The third-order valence-corrected chi connectivity index (χ3v) is 3.27. The van der Waals surface area contributed by atoms with E-state index in [4.69, 9.17) is 4.74 Å². The Hall–Kier alpha value is -1.90. The highest BCUT2D eigenvalue weighted by molar-refractivity contribution is 5.59. The largest absolute Gasteiger partial charge is 0.473 e. The maximum absolute atomic E-state index is 12.3. The van der Waals surface area contributed by atoms with Crippen molar-refractivity contribution in [3.8, 4) is 0 Å². The summed E-state index contributed by atoms with van der Waals surface area (Å²) >= 11 is 0. The smallest absolute Gasteiger partial charge is 0.209 e. The highest BCUT2D eigenvalue weighted by atomic mass is 19.1. The van der Waals surface area contributed by atoms with E-state index < -0.39 is 6.67 Å². The Morgan fingerprint density at radius 2 is 2.05 bits per heavy atom. The summed E-state index contributed by atoms with van der Waals surface area (Å²) in [5, 5.41) is 0. The molecule has 1 aromatic rings. The van der Waals surface area contributed by atoms with E-state index in [-0.39, 0.29) is 5.92 Å². The van der Waals surface area contributed by atoms with Crippen LogP contribution in [0.3, 0.4) is 0 Å². The first kappa shape index (κ1) is 17.2. The third kappa shape index (κ3) is 6.39. The molecule has 0 heterocycles. The number of rotatable bonds is 8. The fourth-order valence-electron chi connectivity index (χ4n) is 2.09. The SMILES string of the molecule is C/C=C(\CC)C(C)/C=C(\N=CCF)OCc1ccccc1. The van der Waals surface area contributed by atoms with Crippen LogP contribution in [-0.2, 0) is 11.3 Å². The zero-order valence-electron chi connectivity index (χ0n) is 13.1. The summed E-state index contributed by atoms with van der Waals surface area (Å²) in [6.45, 7) is 6.08. The molecule has 3 heteroatoms. The van der Waals surface area contributed by atoms with Gasteiger partial charge in [-0.1, -0.05) is 55.8 Å². The molecule has 1 aromatic carbocycles. The summed E-state index contributed by atoms with van der Waals surface area (Å²) in [6, 6.07) is 9.87. The van der Waals surface area contributed by atoms with Gasteiger partial charge in [0.1, 0.15) is 13.3 Å². The summed E-state index contributed by atoms with van der Waals surface area (Å²) in [5.41, 5.74) is 2.37. The molecule has 114 valence electrons. The van der Waals surface area contributed by atoms with Gasteiger partial charge in [0.25, 0.3) is 0 Å². The lowest BCUT2D eigenvalue weighted by molar-refractivity contribution is 0.195. The quantitative estimate of drug-likeness (QED) is 0.371. The van der Waals surface area contributed by atoms with Crippen molar-refractivity contribution in [2.75, 3.05) is 6.67 Å². The average Bonchev–Trinajstić information content (AvgIpc) is 2.52. The summed E-state index contributed by atoms with van der Waals surface area (Å²) < 4.78 is 18.0. The van der Waals surface area contributed by atoms with E-state index in [1.165, 1.54) is 11.8 Å². The predicted octanol–water partition coefficient (Wildman–Crippen LogP) is 5.08. The van der Waals surface area contributed by atoms with Crippen LogP contribution in [0.15, 0.2) is 58.9 Å². The lowest BCUT2D eigenvalue weighted by Gasteiger charge is -2.12. The molecule has 0 bridgehead atoms. The van der Waals surface area contributed by atoms with Crippen LogP contribution in [-0.4, -0.2) is 12.9 Å². The van der Waals surface area contributed by atoms with Crippen LogP contribution in [0.2, 0.25) is 0 Å². The molecule has 0 aromatic heterocycles. The monoisotopic (exact) mass is 289 g/mol. The van der Waals surface area contributed by atoms with Crippen LogP contribution in [0, 0.1) is 5.92 Å². The fraction of sp³-hybridized carbons (Fsp3) is 0.389.